The van der Waals surface area contributed by atoms with Crippen molar-refractivity contribution in [2.24, 2.45) is 0 Å². The number of aryl methyl sites for hydroxylation is 1. The number of nitrogens with one attached hydrogen (secondary N) is 2. The van der Waals surface area contributed by atoms with Crippen LogP contribution in [0.5, 0.6) is 0 Å². The molecule has 0 spiro atoms. The van der Waals surface area contributed by atoms with E-state index in [2.05, 4.69) is 10.6 Å². The van der Waals surface area contributed by atoms with Gasteiger partial charge in [-0.15, -0.1) is 11.8 Å². The summed E-state index contributed by atoms with van der Waals surface area (Å²) in [7, 11) is 0. The molecule has 0 bridgehead atoms. The van der Waals surface area contributed by atoms with E-state index in [0.29, 0.717) is 16.1 Å². The Morgan fingerprint density at radius 2 is 1.72 bits per heavy atom. The average Bonchev–Trinajstić information content (AvgIpc) is 2.73. The highest BCUT2D eigenvalue weighted by Gasteiger charge is 2.34. The molecule has 0 fully saturated rings. The second-order valence-corrected chi connectivity index (χ2v) is 8.31. The number of benzene rings is 3. The van der Waals surface area contributed by atoms with Gasteiger partial charge in [0.1, 0.15) is 0 Å². The molecule has 0 unspecified atom stereocenters. The topological polar surface area (TPSA) is 58.2 Å². The lowest BCUT2D eigenvalue weighted by Crippen LogP contribution is -2.18. The zero-order chi connectivity index (χ0) is 23.3. The van der Waals surface area contributed by atoms with Crippen LogP contribution in [0.25, 0.3) is 0 Å². The predicted molar refractivity (Wildman–Crippen MR) is 121 cm³/mol. The molecule has 0 radical (unpaired) electrons. The molecule has 0 aliphatic heterocycles. The molecule has 3 aromatic carbocycles. The third-order valence-electron chi connectivity index (χ3n) is 4.41. The Bertz CT molecular complexity index is 1150. The number of alkyl halides is 3. The summed E-state index contributed by atoms with van der Waals surface area (Å²) < 4.78 is 39.5. The first-order chi connectivity index (χ1) is 15.1. The van der Waals surface area contributed by atoms with Crippen LogP contribution in [0.4, 0.5) is 24.5 Å². The Hall–Kier alpha value is -2.97. The van der Waals surface area contributed by atoms with E-state index in [9.17, 15) is 22.8 Å². The maximum atomic E-state index is 13.2. The van der Waals surface area contributed by atoms with E-state index in [1.807, 2.05) is 19.1 Å². The number of amides is 2. The lowest BCUT2D eigenvalue weighted by Gasteiger charge is -2.14. The van der Waals surface area contributed by atoms with Crippen LogP contribution in [0.1, 0.15) is 21.5 Å². The van der Waals surface area contributed by atoms with Gasteiger partial charge in [-0.25, -0.2) is 0 Å². The summed E-state index contributed by atoms with van der Waals surface area (Å²) in [5.74, 6) is -0.975. The summed E-state index contributed by atoms with van der Waals surface area (Å²) >= 11 is 6.79. The number of thioether (sulfide) groups is 1. The molecular weight excluding hydrogens is 461 g/mol. The molecule has 9 heteroatoms. The van der Waals surface area contributed by atoms with Gasteiger partial charge in [0.05, 0.1) is 17.0 Å². The Kier molecular flexibility index (Phi) is 7.48. The van der Waals surface area contributed by atoms with Crippen LogP contribution in [0.3, 0.4) is 0 Å². The van der Waals surface area contributed by atoms with Crippen LogP contribution in [-0.2, 0) is 11.0 Å². The van der Waals surface area contributed by atoms with Crippen LogP contribution < -0.4 is 10.6 Å². The van der Waals surface area contributed by atoms with Gasteiger partial charge in [-0.1, -0.05) is 35.9 Å². The molecule has 2 N–H and O–H groups in total. The predicted octanol–water partition coefficient (Wildman–Crippen LogP) is 6.65. The van der Waals surface area contributed by atoms with E-state index >= 15 is 0 Å². The molecule has 0 aliphatic carbocycles. The lowest BCUT2D eigenvalue weighted by atomic mass is 10.1. The first-order valence-electron chi connectivity index (χ1n) is 9.40. The summed E-state index contributed by atoms with van der Waals surface area (Å²) in [6.07, 6.45) is -4.65. The molecule has 2 amide bonds. The normalized spacial score (nSPS) is 11.2. The van der Waals surface area contributed by atoms with Crippen LogP contribution in [0.2, 0.25) is 5.02 Å². The fraction of sp³-hybridized carbons (Fsp3) is 0.130. The standard InChI is InChI=1S/C23H18ClF3N2O2S/c1-14-5-2-3-8-18(14)22(31)28-16-6-4-7-17(12-16)32-13-21(30)29-20-10-9-15(24)11-19(20)23(25,26)27/h2-12H,13H2,1H3,(H,28,31)(H,29,30). The van der Waals surface area contributed by atoms with E-state index in [1.54, 1.807) is 36.4 Å². The number of rotatable bonds is 6. The van der Waals surface area contributed by atoms with Crippen molar-refractivity contribution in [1.29, 1.82) is 0 Å². The number of anilines is 2. The maximum Gasteiger partial charge on any atom is 0.418 e. The van der Waals surface area contributed by atoms with Crippen molar-refractivity contribution in [1.82, 2.24) is 0 Å². The molecule has 0 aromatic heterocycles. The van der Waals surface area contributed by atoms with Crippen molar-refractivity contribution in [3.8, 4) is 0 Å². The van der Waals surface area contributed by atoms with Gasteiger partial charge in [-0.2, -0.15) is 13.2 Å². The van der Waals surface area contributed by atoms with Crippen LogP contribution in [-0.4, -0.2) is 17.6 Å². The van der Waals surface area contributed by atoms with E-state index < -0.39 is 17.6 Å². The van der Waals surface area contributed by atoms with Crippen molar-refractivity contribution in [3.63, 3.8) is 0 Å². The van der Waals surface area contributed by atoms with Crippen molar-refractivity contribution in [2.45, 2.75) is 18.0 Å². The second-order valence-electron chi connectivity index (χ2n) is 6.82. The number of halogens is 4. The summed E-state index contributed by atoms with van der Waals surface area (Å²) in [4.78, 5) is 25.4. The molecule has 4 nitrogen and oxygen atoms in total. The van der Waals surface area contributed by atoms with Gasteiger partial charge in [0.15, 0.2) is 0 Å². The highest BCUT2D eigenvalue weighted by Crippen LogP contribution is 2.36. The van der Waals surface area contributed by atoms with Crippen molar-refractivity contribution < 1.29 is 22.8 Å². The zero-order valence-corrected chi connectivity index (χ0v) is 18.4. The molecular formula is C23H18ClF3N2O2S. The van der Waals surface area contributed by atoms with Crippen molar-refractivity contribution >= 4 is 46.6 Å². The number of hydrogen-bond acceptors (Lipinski definition) is 3. The molecule has 32 heavy (non-hydrogen) atoms. The fourth-order valence-corrected chi connectivity index (χ4v) is 3.81. The average molecular weight is 479 g/mol. The Balaban J connectivity index is 1.63. The largest absolute Gasteiger partial charge is 0.418 e. The molecule has 0 atom stereocenters. The minimum atomic E-state index is -4.65. The molecule has 0 heterocycles. The molecule has 3 aromatic rings. The summed E-state index contributed by atoms with van der Waals surface area (Å²) in [6.45, 7) is 1.84. The molecule has 166 valence electrons. The Labute approximate surface area is 192 Å². The minimum absolute atomic E-state index is 0.0748. The van der Waals surface area contributed by atoms with E-state index in [1.165, 1.54) is 6.07 Å². The Morgan fingerprint density at radius 1 is 0.969 bits per heavy atom. The quantitative estimate of drug-likeness (QED) is 0.390. The molecule has 0 saturated heterocycles. The summed E-state index contributed by atoms with van der Waals surface area (Å²) in [5.41, 5.74) is 0.567. The summed E-state index contributed by atoms with van der Waals surface area (Å²) in [6, 6.07) is 17.2. The van der Waals surface area contributed by atoms with Gasteiger partial charge in [0.2, 0.25) is 5.91 Å². The third-order valence-corrected chi connectivity index (χ3v) is 5.64. The van der Waals surface area contributed by atoms with Gasteiger partial charge in [-0.3, -0.25) is 9.59 Å². The second kappa shape index (κ2) is 10.1. The van der Waals surface area contributed by atoms with Crippen LogP contribution >= 0.6 is 23.4 Å². The van der Waals surface area contributed by atoms with Crippen molar-refractivity contribution in [3.05, 3.63) is 88.4 Å². The third kappa shape index (κ3) is 6.27. The number of carbonyl (C=O) groups is 2. The van der Waals surface area contributed by atoms with Gasteiger partial charge < -0.3 is 10.6 Å². The minimum Gasteiger partial charge on any atom is -0.325 e. The van der Waals surface area contributed by atoms with Gasteiger partial charge in [-0.05, 0) is 55.0 Å². The zero-order valence-electron chi connectivity index (χ0n) is 16.8. The highest BCUT2D eigenvalue weighted by atomic mass is 35.5. The smallest absolute Gasteiger partial charge is 0.325 e. The number of carbonyl (C=O) groups excluding carboxylic acids is 2. The number of hydrogen-bond donors (Lipinski definition) is 2. The van der Waals surface area contributed by atoms with E-state index in [0.717, 1.165) is 29.5 Å². The first-order valence-corrected chi connectivity index (χ1v) is 10.8. The van der Waals surface area contributed by atoms with Crippen molar-refractivity contribution in [2.75, 3.05) is 16.4 Å². The van der Waals surface area contributed by atoms with Crippen LogP contribution in [0, 0.1) is 6.92 Å². The molecule has 0 aliphatic rings. The van der Waals surface area contributed by atoms with Crippen LogP contribution in [0.15, 0.2) is 71.6 Å². The molecule has 0 saturated carbocycles. The SMILES string of the molecule is Cc1ccccc1C(=O)Nc1cccc(SCC(=O)Nc2ccc(Cl)cc2C(F)(F)F)c1. The maximum absolute atomic E-state index is 13.2. The Morgan fingerprint density at radius 3 is 2.44 bits per heavy atom. The molecule has 3 rings (SSSR count). The van der Waals surface area contributed by atoms with E-state index in [-0.39, 0.29) is 22.4 Å². The first kappa shape index (κ1) is 23.7. The van der Waals surface area contributed by atoms with E-state index in [4.69, 9.17) is 11.6 Å². The lowest BCUT2D eigenvalue weighted by molar-refractivity contribution is -0.137. The van der Waals surface area contributed by atoms with Gasteiger partial charge in [0.25, 0.3) is 5.91 Å². The fourth-order valence-electron chi connectivity index (χ4n) is 2.88. The summed E-state index contributed by atoms with van der Waals surface area (Å²) in [5, 5.41) is 5.01. The van der Waals surface area contributed by atoms with Gasteiger partial charge in [0, 0.05) is 21.2 Å². The monoisotopic (exact) mass is 478 g/mol. The van der Waals surface area contributed by atoms with Gasteiger partial charge >= 0.3 is 6.18 Å². The highest BCUT2D eigenvalue weighted by molar-refractivity contribution is 8.00.